The Morgan fingerprint density at radius 3 is 2.82 bits per heavy atom. The summed E-state index contributed by atoms with van der Waals surface area (Å²) in [5.74, 6) is -1.06. The van der Waals surface area contributed by atoms with Crippen LogP contribution in [0, 0.1) is 6.92 Å². The summed E-state index contributed by atoms with van der Waals surface area (Å²) in [4.78, 5) is 34.2. The van der Waals surface area contributed by atoms with E-state index in [0.29, 0.717) is 19.4 Å². The van der Waals surface area contributed by atoms with E-state index in [2.05, 4.69) is 10.6 Å². The predicted octanol–water partition coefficient (Wildman–Crippen LogP) is 0.476. The molecule has 2 amide bonds. The first-order valence-electron chi connectivity index (χ1n) is 7.33. The Morgan fingerprint density at radius 1 is 1.36 bits per heavy atom. The second kappa shape index (κ2) is 7.59. The van der Waals surface area contributed by atoms with Crippen molar-refractivity contribution in [1.29, 1.82) is 0 Å². The van der Waals surface area contributed by atoms with Crippen molar-refractivity contribution in [3.05, 3.63) is 35.4 Å². The molecule has 6 heteroatoms. The van der Waals surface area contributed by atoms with E-state index in [0.717, 1.165) is 6.42 Å². The number of hydrogen-bond donors (Lipinski definition) is 2. The van der Waals surface area contributed by atoms with Gasteiger partial charge in [0.25, 0.3) is 5.91 Å². The van der Waals surface area contributed by atoms with Crippen LogP contribution < -0.4 is 10.6 Å². The summed E-state index contributed by atoms with van der Waals surface area (Å²) in [5, 5.41) is 5.21. The van der Waals surface area contributed by atoms with E-state index in [1.807, 2.05) is 31.2 Å². The highest BCUT2D eigenvalue weighted by Crippen LogP contribution is 2.08. The standard InChI is InChI=1S/C16H20N2O4/c1-11-4-2-3-5-12(11)8-9-17-15(20)10-22-16(21)13-6-7-14(19)18-13/h2-5,13H,6-10H2,1H3,(H,17,20)(H,18,19)/t13-/m1/s1. The van der Waals surface area contributed by atoms with Crippen molar-refractivity contribution in [2.45, 2.75) is 32.2 Å². The van der Waals surface area contributed by atoms with Crippen LogP contribution in [-0.2, 0) is 25.5 Å². The number of carbonyl (C=O) groups is 3. The number of rotatable bonds is 6. The van der Waals surface area contributed by atoms with Crippen LogP contribution in [0.4, 0.5) is 0 Å². The fraction of sp³-hybridized carbons (Fsp3) is 0.438. The van der Waals surface area contributed by atoms with Crippen LogP contribution in [0.5, 0.6) is 0 Å². The minimum Gasteiger partial charge on any atom is -0.454 e. The summed E-state index contributed by atoms with van der Waals surface area (Å²) in [6.07, 6.45) is 1.47. The highest BCUT2D eigenvalue weighted by molar-refractivity contribution is 5.89. The van der Waals surface area contributed by atoms with E-state index >= 15 is 0 Å². The second-order valence-corrected chi connectivity index (χ2v) is 5.29. The summed E-state index contributed by atoms with van der Waals surface area (Å²) in [6.45, 7) is 2.19. The van der Waals surface area contributed by atoms with Gasteiger partial charge in [0.2, 0.25) is 5.91 Å². The maximum absolute atomic E-state index is 11.6. The second-order valence-electron chi connectivity index (χ2n) is 5.29. The molecule has 0 radical (unpaired) electrons. The van der Waals surface area contributed by atoms with Gasteiger partial charge in [-0.15, -0.1) is 0 Å². The zero-order valence-corrected chi connectivity index (χ0v) is 12.6. The first-order valence-corrected chi connectivity index (χ1v) is 7.33. The summed E-state index contributed by atoms with van der Waals surface area (Å²) in [6, 6.07) is 7.35. The Bertz CT molecular complexity index is 571. The third kappa shape index (κ3) is 4.58. The van der Waals surface area contributed by atoms with Crippen LogP contribution in [0.15, 0.2) is 24.3 Å². The lowest BCUT2D eigenvalue weighted by atomic mass is 10.1. The molecule has 0 spiro atoms. The van der Waals surface area contributed by atoms with Crippen LogP contribution in [-0.4, -0.2) is 37.0 Å². The molecule has 22 heavy (non-hydrogen) atoms. The molecule has 0 aromatic heterocycles. The van der Waals surface area contributed by atoms with Crippen molar-refractivity contribution in [2.75, 3.05) is 13.2 Å². The molecule has 0 unspecified atom stereocenters. The van der Waals surface area contributed by atoms with Crippen LogP contribution in [0.2, 0.25) is 0 Å². The molecule has 6 nitrogen and oxygen atoms in total. The third-order valence-corrected chi connectivity index (χ3v) is 3.60. The molecule has 1 aromatic rings. The van der Waals surface area contributed by atoms with Gasteiger partial charge in [-0.3, -0.25) is 9.59 Å². The number of hydrogen-bond acceptors (Lipinski definition) is 4. The van der Waals surface area contributed by atoms with E-state index in [1.165, 1.54) is 11.1 Å². The van der Waals surface area contributed by atoms with Gasteiger partial charge in [-0.25, -0.2) is 4.79 Å². The number of carbonyl (C=O) groups excluding carboxylic acids is 3. The first kappa shape index (κ1) is 16.0. The van der Waals surface area contributed by atoms with Crippen molar-refractivity contribution >= 4 is 17.8 Å². The molecule has 0 bridgehead atoms. The fourth-order valence-electron chi connectivity index (χ4n) is 2.31. The number of amides is 2. The van der Waals surface area contributed by atoms with Crippen LogP contribution >= 0.6 is 0 Å². The van der Waals surface area contributed by atoms with E-state index < -0.39 is 12.0 Å². The summed E-state index contributed by atoms with van der Waals surface area (Å²) < 4.78 is 4.90. The van der Waals surface area contributed by atoms with Gasteiger partial charge in [0.05, 0.1) is 0 Å². The number of ether oxygens (including phenoxy) is 1. The third-order valence-electron chi connectivity index (χ3n) is 3.60. The van der Waals surface area contributed by atoms with Crippen LogP contribution in [0.3, 0.4) is 0 Å². The Balaban J connectivity index is 1.65. The van der Waals surface area contributed by atoms with Crippen molar-refractivity contribution < 1.29 is 19.1 Å². The molecule has 0 aliphatic carbocycles. The monoisotopic (exact) mass is 304 g/mol. The van der Waals surface area contributed by atoms with Crippen molar-refractivity contribution in [3.8, 4) is 0 Å². The Kier molecular flexibility index (Phi) is 5.52. The lowest BCUT2D eigenvalue weighted by Gasteiger charge is -2.10. The van der Waals surface area contributed by atoms with Gasteiger partial charge >= 0.3 is 5.97 Å². The molecule has 1 saturated heterocycles. The van der Waals surface area contributed by atoms with Crippen LogP contribution in [0.1, 0.15) is 24.0 Å². The average molecular weight is 304 g/mol. The lowest BCUT2D eigenvalue weighted by molar-refractivity contribution is -0.150. The van der Waals surface area contributed by atoms with Crippen molar-refractivity contribution in [2.24, 2.45) is 0 Å². The van der Waals surface area contributed by atoms with Crippen molar-refractivity contribution in [3.63, 3.8) is 0 Å². The number of aryl methyl sites for hydroxylation is 1. The first-order chi connectivity index (χ1) is 10.6. The number of benzene rings is 1. The fourth-order valence-corrected chi connectivity index (χ4v) is 2.31. The number of nitrogens with one attached hydrogen (secondary N) is 2. The zero-order chi connectivity index (χ0) is 15.9. The summed E-state index contributed by atoms with van der Waals surface area (Å²) in [5.41, 5.74) is 2.36. The lowest BCUT2D eigenvalue weighted by Crippen LogP contribution is -2.37. The summed E-state index contributed by atoms with van der Waals surface area (Å²) in [7, 11) is 0. The molecule has 1 aliphatic rings. The predicted molar refractivity (Wildman–Crippen MR) is 80.0 cm³/mol. The van der Waals surface area contributed by atoms with Gasteiger partial charge in [-0.2, -0.15) is 0 Å². The molecule has 1 aliphatic heterocycles. The molecular formula is C16H20N2O4. The van der Waals surface area contributed by atoms with Crippen LogP contribution in [0.25, 0.3) is 0 Å². The van der Waals surface area contributed by atoms with Crippen molar-refractivity contribution in [1.82, 2.24) is 10.6 Å². The van der Waals surface area contributed by atoms with Gasteiger partial charge in [0.1, 0.15) is 6.04 Å². The maximum atomic E-state index is 11.6. The molecule has 1 heterocycles. The molecule has 118 valence electrons. The molecular weight excluding hydrogens is 284 g/mol. The largest absolute Gasteiger partial charge is 0.454 e. The highest BCUT2D eigenvalue weighted by Gasteiger charge is 2.28. The van der Waals surface area contributed by atoms with Gasteiger partial charge in [-0.1, -0.05) is 24.3 Å². The number of esters is 1. The van der Waals surface area contributed by atoms with Gasteiger partial charge < -0.3 is 15.4 Å². The molecule has 1 aromatic carbocycles. The summed E-state index contributed by atoms with van der Waals surface area (Å²) >= 11 is 0. The molecule has 0 saturated carbocycles. The molecule has 1 fully saturated rings. The van der Waals surface area contributed by atoms with E-state index in [9.17, 15) is 14.4 Å². The topological polar surface area (TPSA) is 84.5 Å². The normalized spacial score (nSPS) is 17.0. The average Bonchev–Trinajstić information content (AvgIpc) is 2.93. The minimum atomic E-state index is -0.618. The highest BCUT2D eigenvalue weighted by atomic mass is 16.5. The Hall–Kier alpha value is -2.37. The molecule has 1 atom stereocenters. The van der Waals surface area contributed by atoms with Gasteiger partial charge in [0, 0.05) is 13.0 Å². The maximum Gasteiger partial charge on any atom is 0.329 e. The zero-order valence-electron chi connectivity index (χ0n) is 12.6. The van der Waals surface area contributed by atoms with E-state index in [4.69, 9.17) is 4.74 Å². The Morgan fingerprint density at radius 2 is 2.14 bits per heavy atom. The van der Waals surface area contributed by atoms with E-state index in [1.54, 1.807) is 0 Å². The van der Waals surface area contributed by atoms with Gasteiger partial charge in [-0.05, 0) is 30.9 Å². The van der Waals surface area contributed by atoms with Gasteiger partial charge in [0.15, 0.2) is 6.61 Å². The Labute approximate surface area is 129 Å². The SMILES string of the molecule is Cc1ccccc1CCNC(=O)COC(=O)[C@H]1CCC(=O)N1. The molecule has 2 N–H and O–H groups in total. The quantitative estimate of drug-likeness (QED) is 0.749. The van der Waals surface area contributed by atoms with E-state index in [-0.39, 0.29) is 18.4 Å². The minimum absolute atomic E-state index is 0.162. The smallest absolute Gasteiger partial charge is 0.329 e. The molecule has 2 rings (SSSR count).